The molecular weight excluding hydrogens is 339 g/mol. The summed E-state index contributed by atoms with van der Waals surface area (Å²) in [6.45, 7) is 0. The van der Waals surface area contributed by atoms with Gasteiger partial charge in [0.2, 0.25) is 0 Å². The van der Waals surface area contributed by atoms with E-state index >= 15 is 0 Å². The Morgan fingerprint density at radius 2 is 1.60 bits per heavy atom. The van der Waals surface area contributed by atoms with Crippen LogP contribution in [0.5, 0.6) is 0 Å². The van der Waals surface area contributed by atoms with Crippen LogP contribution in [0.3, 0.4) is 0 Å². The number of hydrogen-bond donors (Lipinski definition) is 0. The van der Waals surface area contributed by atoms with Crippen LogP contribution in [0.25, 0.3) is 16.3 Å². The van der Waals surface area contributed by atoms with Gasteiger partial charge in [0.05, 0.1) is 14.2 Å². The van der Waals surface area contributed by atoms with Crippen LogP contribution in [0, 0.1) is 17.5 Å². The Morgan fingerprint density at radius 3 is 2.20 bits per heavy atom. The fourth-order valence-corrected chi connectivity index (χ4v) is 2.98. The zero-order valence-corrected chi connectivity index (χ0v) is 13.4. The van der Waals surface area contributed by atoms with Crippen molar-refractivity contribution in [1.82, 2.24) is 0 Å². The molecule has 0 spiro atoms. The first-order chi connectivity index (χ1) is 11.8. The molecule has 130 valence electrons. The van der Waals surface area contributed by atoms with Crippen molar-refractivity contribution in [3.05, 3.63) is 46.9 Å². The number of benzene rings is 2. The van der Waals surface area contributed by atoms with Gasteiger partial charge in [0.1, 0.15) is 11.3 Å². The van der Waals surface area contributed by atoms with Gasteiger partial charge in [-0.1, -0.05) is 12.1 Å². The molecule has 0 unspecified atom stereocenters. The Hall–Kier alpha value is -3.03. The summed E-state index contributed by atoms with van der Waals surface area (Å²) < 4.78 is 52.1. The summed E-state index contributed by atoms with van der Waals surface area (Å²) in [5.74, 6) is -6.72. The van der Waals surface area contributed by atoms with E-state index in [1.807, 2.05) is 0 Å². The summed E-state index contributed by atoms with van der Waals surface area (Å²) in [6, 6.07) is 4.17. The van der Waals surface area contributed by atoms with E-state index in [-0.39, 0.29) is 22.2 Å². The lowest BCUT2D eigenvalue weighted by atomic mass is 9.90. The van der Waals surface area contributed by atoms with Crippen LogP contribution in [0.2, 0.25) is 0 Å². The Bertz CT molecular complexity index is 968. The summed E-state index contributed by atoms with van der Waals surface area (Å²) in [4.78, 5) is 25.7. The number of carbonyl (C=O) groups is 2. The second-order valence-corrected chi connectivity index (χ2v) is 5.28. The Labute approximate surface area is 140 Å². The van der Waals surface area contributed by atoms with Crippen LogP contribution in [0.1, 0.15) is 5.56 Å². The summed E-state index contributed by atoms with van der Waals surface area (Å²) in [6.07, 6.45) is 0. The Morgan fingerprint density at radius 1 is 0.960 bits per heavy atom. The first-order valence-corrected chi connectivity index (χ1v) is 7.09. The molecule has 0 radical (unpaired) electrons. The molecule has 0 saturated heterocycles. The molecule has 0 atom stereocenters. The molecule has 0 fully saturated rings. The molecule has 0 aromatic heterocycles. The highest BCUT2D eigenvalue weighted by Gasteiger charge is 2.38. The zero-order valence-electron chi connectivity index (χ0n) is 13.4. The van der Waals surface area contributed by atoms with Crippen LogP contribution in [0.15, 0.2) is 23.9 Å². The van der Waals surface area contributed by atoms with E-state index in [0.29, 0.717) is 0 Å². The van der Waals surface area contributed by atoms with Gasteiger partial charge in [-0.15, -0.1) is 0 Å². The van der Waals surface area contributed by atoms with E-state index in [0.717, 1.165) is 14.2 Å². The normalized spacial score (nSPS) is 13.3. The fourth-order valence-electron chi connectivity index (χ4n) is 2.98. The molecule has 2 aromatic carbocycles. The minimum atomic E-state index is -1.74. The smallest absolute Gasteiger partial charge is 0.355 e. The Kier molecular flexibility index (Phi) is 3.90. The molecule has 0 N–H and O–H groups in total. The van der Waals surface area contributed by atoms with Crippen molar-refractivity contribution in [3.8, 4) is 0 Å². The number of halogens is 3. The van der Waals surface area contributed by atoms with E-state index in [9.17, 15) is 22.8 Å². The number of carbonyl (C=O) groups excluding carboxylic acids is 2. The third-order valence-electron chi connectivity index (χ3n) is 4.09. The maximum Gasteiger partial charge on any atom is 0.355 e. The third kappa shape index (κ3) is 2.17. The second-order valence-electron chi connectivity index (χ2n) is 5.28. The third-order valence-corrected chi connectivity index (χ3v) is 4.09. The van der Waals surface area contributed by atoms with Crippen molar-refractivity contribution >= 4 is 34.0 Å². The molecule has 0 saturated carbocycles. The van der Waals surface area contributed by atoms with Gasteiger partial charge >= 0.3 is 11.9 Å². The van der Waals surface area contributed by atoms with Crippen LogP contribution < -0.4 is 4.90 Å². The van der Waals surface area contributed by atoms with Crippen molar-refractivity contribution < 1.29 is 32.2 Å². The average molecular weight is 351 g/mol. The molecule has 0 amide bonds. The summed E-state index contributed by atoms with van der Waals surface area (Å²) in [5, 5.41) is -0.252. The monoisotopic (exact) mass is 351 g/mol. The lowest BCUT2D eigenvalue weighted by Gasteiger charge is -2.30. The predicted octanol–water partition coefficient (Wildman–Crippen LogP) is 2.76. The van der Waals surface area contributed by atoms with Gasteiger partial charge < -0.3 is 14.4 Å². The lowest BCUT2D eigenvalue weighted by Crippen LogP contribution is -2.31. The van der Waals surface area contributed by atoms with Crippen LogP contribution >= 0.6 is 0 Å². The molecule has 0 aliphatic carbocycles. The standard InChI is InChI=1S/C17H12F3NO4/c1-21-8-6-4-5-7-9(8)10(13(19)14(20)12(7)18)11(16(22)24-2)15(21)17(23)25-3/h4-6H,1-3H3. The SMILES string of the molecule is COC(=O)C1=C(C(=O)OC)N(C)c2cccc3c(F)c(F)c(F)c1c23. The molecule has 0 bridgehead atoms. The predicted molar refractivity (Wildman–Crippen MR) is 83.2 cm³/mol. The van der Waals surface area contributed by atoms with Crippen LogP contribution in [-0.2, 0) is 19.1 Å². The fraction of sp³-hybridized carbons (Fsp3) is 0.176. The zero-order chi connectivity index (χ0) is 18.5. The van der Waals surface area contributed by atoms with E-state index < -0.39 is 40.5 Å². The van der Waals surface area contributed by atoms with Crippen molar-refractivity contribution in [2.45, 2.75) is 0 Å². The summed E-state index contributed by atoms with van der Waals surface area (Å²) in [7, 11) is 3.53. The maximum atomic E-state index is 14.6. The van der Waals surface area contributed by atoms with Crippen LogP contribution in [0.4, 0.5) is 18.9 Å². The number of likely N-dealkylation sites (N-methyl/N-ethyl adjacent to an activating group) is 1. The molecule has 1 heterocycles. The van der Waals surface area contributed by atoms with E-state index in [1.165, 1.54) is 30.1 Å². The summed E-state index contributed by atoms with van der Waals surface area (Å²) in [5.41, 5.74) is -1.18. The molecule has 1 aliphatic rings. The van der Waals surface area contributed by atoms with Crippen molar-refractivity contribution in [2.24, 2.45) is 0 Å². The lowest BCUT2D eigenvalue weighted by molar-refractivity contribution is -0.137. The maximum absolute atomic E-state index is 14.6. The Balaban J connectivity index is 2.58. The molecule has 3 rings (SSSR count). The van der Waals surface area contributed by atoms with Gasteiger partial charge in [0, 0.05) is 29.1 Å². The van der Waals surface area contributed by atoms with E-state index in [1.54, 1.807) is 0 Å². The molecule has 8 heteroatoms. The first-order valence-electron chi connectivity index (χ1n) is 7.09. The van der Waals surface area contributed by atoms with Crippen molar-refractivity contribution in [3.63, 3.8) is 0 Å². The molecule has 2 aromatic rings. The minimum absolute atomic E-state index is 0.0329. The number of methoxy groups -OCH3 is 2. The van der Waals surface area contributed by atoms with Crippen molar-refractivity contribution in [2.75, 3.05) is 26.2 Å². The number of hydrogen-bond acceptors (Lipinski definition) is 5. The van der Waals surface area contributed by atoms with Gasteiger partial charge in [-0.25, -0.2) is 22.8 Å². The highest BCUT2D eigenvalue weighted by atomic mass is 19.2. The van der Waals surface area contributed by atoms with E-state index in [2.05, 4.69) is 9.47 Å². The minimum Gasteiger partial charge on any atom is -0.465 e. The number of nitrogens with zero attached hydrogens (tertiary/aromatic N) is 1. The quantitative estimate of drug-likeness (QED) is 0.615. The molecule has 5 nitrogen and oxygen atoms in total. The molecular formula is C17H12F3NO4. The van der Waals surface area contributed by atoms with Gasteiger partial charge in [0.25, 0.3) is 0 Å². The van der Waals surface area contributed by atoms with E-state index in [4.69, 9.17) is 0 Å². The average Bonchev–Trinajstić information content (AvgIpc) is 2.63. The molecule has 25 heavy (non-hydrogen) atoms. The first kappa shape index (κ1) is 16.8. The van der Waals surface area contributed by atoms with Gasteiger partial charge in [-0.2, -0.15) is 0 Å². The summed E-state index contributed by atoms with van der Waals surface area (Å²) >= 11 is 0. The van der Waals surface area contributed by atoms with Gasteiger partial charge in [-0.05, 0) is 6.07 Å². The van der Waals surface area contributed by atoms with Gasteiger partial charge in [0.15, 0.2) is 17.5 Å². The number of esters is 2. The number of rotatable bonds is 2. The number of ether oxygens (including phenoxy) is 2. The number of anilines is 1. The second kappa shape index (κ2) is 5.80. The van der Waals surface area contributed by atoms with Gasteiger partial charge in [-0.3, -0.25) is 0 Å². The molecule has 1 aliphatic heterocycles. The highest BCUT2D eigenvalue weighted by molar-refractivity contribution is 6.29. The van der Waals surface area contributed by atoms with Crippen LogP contribution in [-0.4, -0.2) is 33.2 Å². The largest absolute Gasteiger partial charge is 0.465 e. The highest BCUT2D eigenvalue weighted by Crippen LogP contribution is 2.44. The topological polar surface area (TPSA) is 55.8 Å². The van der Waals surface area contributed by atoms with Crippen molar-refractivity contribution in [1.29, 1.82) is 0 Å².